The van der Waals surface area contributed by atoms with Gasteiger partial charge in [-0.15, -0.1) is 6.58 Å². The predicted octanol–water partition coefficient (Wildman–Crippen LogP) is 6.18. The van der Waals surface area contributed by atoms with Crippen molar-refractivity contribution in [3.8, 4) is 0 Å². The number of rotatable bonds is 3. The smallest absolute Gasteiger partial charge is 0.171 e. The second-order valence-electron chi connectivity index (χ2n) is 12.0. The zero-order chi connectivity index (χ0) is 24.6. The Morgan fingerprint density at radius 2 is 1.91 bits per heavy atom. The lowest BCUT2D eigenvalue weighted by Gasteiger charge is -2.56. The van der Waals surface area contributed by atoms with Crippen LogP contribution in [0.25, 0.3) is 0 Å². The lowest BCUT2D eigenvalue weighted by atomic mass is 9.50. The highest BCUT2D eigenvalue weighted by Crippen LogP contribution is 2.68. The molecule has 5 heteroatoms. The average molecular weight is 589 g/mol. The molecule has 1 aromatic carbocycles. The van der Waals surface area contributed by atoms with Crippen molar-refractivity contribution in [3.63, 3.8) is 0 Å². The minimum atomic E-state index is -0.861. The summed E-state index contributed by atoms with van der Waals surface area (Å²) in [7, 11) is 0. The number of halogens is 1. The van der Waals surface area contributed by atoms with Crippen molar-refractivity contribution in [1.82, 2.24) is 0 Å². The lowest BCUT2D eigenvalue weighted by Crippen LogP contribution is -2.53. The highest BCUT2D eigenvalue weighted by Gasteiger charge is 2.62. The quantitative estimate of drug-likeness (QED) is 0.339. The van der Waals surface area contributed by atoms with Crippen molar-refractivity contribution in [2.24, 2.45) is 29.1 Å². The number of carbonyl (C=O) groups is 1. The van der Waals surface area contributed by atoms with Crippen LogP contribution in [-0.2, 0) is 14.3 Å². The Kier molecular flexibility index (Phi) is 5.91. The number of hydrogen-bond acceptors (Lipinski definition) is 4. The molecule has 6 rings (SSSR count). The van der Waals surface area contributed by atoms with E-state index in [2.05, 4.69) is 60.4 Å². The zero-order valence-electron chi connectivity index (χ0n) is 20.9. The molecule has 1 heterocycles. The fourth-order valence-electron chi connectivity index (χ4n) is 9.11. The van der Waals surface area contributed by atoms with Crippen molar-refractivity contribution < 1.29 is 19.4 Å². The van der Waals surface area contributed by atoms with Crippen molar-refractivity contribution in [1.29, 1.82) is 0 Å². The van der Waals surface area contributed by atoms with E-state index >= 15 is 0 Å². The first-order valence-corrected chi connectivity index (χ1v) is 14.4. The molecule has 5 aliphatic rings. The summed E-state index contributed by atoms with van der Waals surface area (Å²) in [5.41, 5.74) is 3.13. The maximum absolute atomic E-state index is 13.0. The zero-order valence-corrected chi connectivity index (χ0v) is 23.1. The van der Waals surface area contributed by atoms with Crippen LogP contribution < -0.4 is 0 Å². The number of benzene rings is 1. The van der Waals surface area contributed by atoms with Crippen LogP contribution in [0.15, 0.2) is 48.1 Å². The molecular formula is C30H37IO4. The van der Waals surface area contributed by atoms with Crippen LogP contribution in [0.3, 0.4) is 0 Å². The number of Topliss-reactive ketones (excluding diaryl/α,β-unsaturated/α-hetero) is 1. The molecule has 1 saturated heterocycles. The summed E-state index contributed by atoms with van der Waals surface area (Å²) in [6.45, 7) is 9.54. The van der Waals surface area contributed by atoms with E-state index in [9.17, 15) is 9.90 Å². The molecule has 0 bridgehead atoms. The van der Waals surface area contributed by atoms with E-state index in [-0.39, 0.29) is 23.2 Å². The highest BCUT2D eigenvalue weighted by atomic mass is 127. The Balaban J connectivity index is 1.49. The monoisotopic (exact) mass is 588 g/mol. The summed E-state index contributed by atoms with van der Waals surface area (Å²) < 4.78 is 13.3. The van der Waals surface area contributed by atoms with Crippen LogP contribution in [0.2, 0.25) is 0 Å². The van der Waals surface area contributed by atoms with Crippen molar-refractivity contribution in [2.45, 2.75) is 76.1 Å². The van der Waals surface area contributed by atoms with Crippen molar-refractivity contribution in [2.75, 3.05) is 13.2 Å². The van der Waals surface area contributed by atoms with E-state index in [1.165, 1.54) is 20.3 Å². The first-order chi connectivity index (χ1) is 16.7. The van der Waals surface area contributed by atoms with Gasteiger partial charge in [0.05, 0.1) is 18.8 Å². The number of carbonyl (C=O) groups excluding carboxylic acids is 1. The number of allylic oxidation sites excluding steroid dienone is 2. The Morgan fingerprint density at radius 3 is 2.57 bits per heavy atom. The van der Waals surface area contributed by atoms with E-state index in [1.54, 1.807) is 6.92 Å². The summed E-state index contributed by atoms with van der Waals surface area (Å²) >= 11 is 2.37. The van der Waals surface area contributed by atoms with Gasteiger partial charge >= 0.3 is 0 Å². The molecule has 1 aromatic rings. The molecule has 4 nitrogen and oxygen atoms in total. The average Bonchev–Trinajstić information content (AvgIpc) is 3.39. The van der Waals surface area contributed by atoms with E-state index in [4.69, 9.17) is 9.47 Å². The molecule has 35 heavy (non-hydrogen) atoms. The van der Waals surface area contributed by atoms with Crippen LogP contribution >= 0.6 is 22.6 Å². The molecule has 3 saturated carbocycles. The summed E-state index contributed by atoms with van der Waals surface area (Å²) in [6, 6.07) is 8.92. The first kappa shape index (κ1) is 24.3. The molecule has 1 spiro atoms. The Hall–Kier alpha value is -1.02. The third-order valence-electron chi connectivity index (χ3n) is 10.3. The van der Waals surface area contributed by atoms with E-state index in [0.29, 0.717) is 37.3 Å². The first-order valence-electron chi connectivity index (χ1n) is 13.3. The van der Waals surface area contributed by atoms with Gasteiger partial charge in [-0.25, -0.2) is 0 Å². The van der Waals surface area contributed by atoms with Crippen LogP contribution in [0.1, 0.15) is 70.3 Å². The minimum absolute atomic E-state index is 0.0265. The van der Waals surface area contributed by atoms with Gasteiger partial charge < -0.3 is 14.6 Å². The van der Waals surface area contributed by atoms with Gasteiger partial charge in [-0.05, 0) is 108 Å². The minimum Gasteiger partial charge on any atom is -0.385 e. The Bertz CT molecular complexity index is 1070. The normalized spacial score (nSPS) is 41.9. The fourth-order valence-corrected chi connectivity index (χ4v) is 9.47. The second kappa shape index (κ2) is 8.50. The van der Waals surface area contributed by atoms with Gasteiger partial charge in [0, 0.05) is 28.2 Å². The standard InChI is InChI=1S/C30H37IO4/c1-4-19-15-25-22-9-11-29(33)17-30(34-13-14-35-30)12-10-24(29)26(22)23(20-5-7-21(31)8-6-20)16-28(25,3)27(19)18(2)32/h4-8,19,22-23,25,27,33H,1,9-17H2,2-3H3/t19-,22+,23-,25+,27+,28+,29-/m1/s1. The molecule has 0 radical (unpaired) electrons. The summed E-state index contributed by atoms with van der Waals surface area (Å²) in [6.07, 6.45) is 7.91. The second-order valence-corrected chi connectivity index (χ2v) is 13.3. The molecule has 4 aliphatic carbocycles. The van der Waals surface area contributed by atoms with Crippen LogP contribution in [0.4, 0.5) is 0 Å². The van der Waals surface area contributed by atoms with Crippen LogP contribution in [0, 0.1) is 32.7 Å². The van der Waals surface area contributed by atoms with Gasteiger partial charge in [-0.1, -0.05) is 30.7 Å². The topological polar surface area (TPSA) is 55.8 Å². The molecule has 1 N–H and O–H groups in total. The maximum Gasteiger partial charge on any atom is 0.171 e. The largest absolute Gasteiger partial charge is 0.385 e. The van der Waals surface area contributed by atoms with Crippen molar-refractivity contribution in [3.05, 3.63) is 57.2 Å². The Morgan fingerprint density at radius 1 is 1.20 bits per heavy atom. The van der Waals surface area contributed by atoms with Gasteiger partial charge in [-0.3, -0.25) is 4.79 Å². The summed E-state index contributed by atoms with van der Waals surface area (Å²) in [5.74, 6) is 1.03. The molecule has 0 amide bonds. The van der Waals surface area contributed by atoms with E-state index in [1.807, 2.05) is 6.08 Å². The van der Waals surface area contributed by atoms with Crippen LogP contribution in [-0.4, -0.2) is 35.5 Å². The molecule has 1 aliphatic heterocycles. The predicted molar refractivity (Wildman–Crippen MR) is 144 cm³/mol. The van der Waals surface area contributed by atoms with Crippen molar-refractivity contribution >= 4 is 28.4 Å². The molecule has 0 aromatic heterocycles. The third kappa shape index (κ3) is 3.66. The molecule has 7 atom stereocenters. The van der Waals surface area contributed by atoms with Crippen LogP contribution in [0.5, 0.6) is 0 Å². The third-order valence-corrected chi connectivity index (χ3v) is 11.1. The van der Waals surface area contributed by atoms with Gasteiger partial charge in [0.15, 0.2) is 5.79 Å². The molecule has 4 fully saturated rings. The number of hydrogen-bond donors (Lipinski definition) is 1. The highest BCUT2D eigenvalue weighted by molar-refractivity contribution is 14.1. The van der Waals surface area contributed by atoms with Gasteiger partial charge in [0.1, 0.15) is 5.78 Å². The van der Waals surface area contributed by atoms with E-state index in [0.717, 1.165) is 38.5 Å². The Labute approximate surface area is 222 Å². The fraction of sp³-hybridized carbons (Fsp3) is 0.633. The SMILES string of the molecule is C=C[C@@H]1C[C@H]2[C@@H]3CC[C@@]4(O)CC5(CCC4=C3[C@@H](c3ccc(I)cc3)C[C@]2(C)[C@H]1C(C)=O)OCCO5. The van der Waals surface area contributed by atoms with Gasteiger partial charge in [-0.2, -0.15) is 0 Å². The van der Waals surface area contributed by atoms with E-state index < -0.39 is 11.4 Å². The summed E-state index contributed by atoms with van der Waals surface area (Å²) in [5, 5.41) is 12.1. The molecule has 188 valence electrons. The number of ketones is 1. The number of aliphatic hydroxyl groups is 1. The maximum atomic E-state index is 13.0. The number of ether oxygens (including phenoxy) is 2. The lowest BCUT2D eigenvalue weighted by molar-refractivity contribution is -0.208. The van der Waals surface area contributed by atoms with Gasteiger partial charge in [0.2, 0.25) is 0 Å². The molecular weight excluding hydrogens is 551 g/mol. The summed E-state index contributed by atoms with van der Waals surface area (Å²) in [4.78, 5) is 13.0. The van der Waals surface area contributed by atoms with Gasteiger partial charge in [0.25, 0.3) is 0 Å². The number of fused-ring (bicyclic) bond motifs is 4. The molecule has 0 unspecified atom stereocenters.